The lowest BCUT2D eigenvalue weighted by Gasteiger charge is -1.97. The van der Waals surface area contributed by atoms with Crippen LogP contribution in [0.5, 0.6) is 0 Å². The van der Waals surface area contributed by atoms with Crippen LogP contribution in [0.3, 0.4) is 0 Å². The second-order valence-electron chi connectivity index (χ2n) is 2.27. The molecule has 0 radical (unpaired) electrons. The van der Waals surface area contributed by atoms with E-state index in [9.17, 15) is 4.79 Å². The highest BCUT2D eigenvalue weighted by Crippen LogP contribution is 2.16. The summed E-state index contributed by atoms with van der Waals surface area (Å²) in [5.41, 5.74) is 0. The van der Waals surface area contributed by atoms with E-state index in [4.69, 9.17) is 0 Å². The van der Waals surface area contributed by atoms with Crippen molar-refractivity contribution >= 4 is 33.5 Å². The van der Waals surface area contributed by atoms with Gasteiger partial charge in [0.2, 0.25) is 0 Å². The van der Waals surface area contributed by atoms with Crippen LogP contribution >= 0.6 is 27.7 Å². The molecule has 0 fully saturated rings. The summed E-state index contributed by atoms with van der Waals surface area (Å²) in [7, 11) is 0. The average molecular weight is 245 g/mol. The maximum atomic E-state index is 10.9. The molecule has 0 aliphatic rings. The maximum Gasteiger partial charge on any atom is 0.153 e. The van der Waals surface area contributed by atoms with Gasteiger partial charge in [-0.15, -0.1) is 11.8 Å². The largest absolute Gasteiger partial charge is 0.298 e. The first kappa shape index (κ1) is 9.81. The van der Waals surface area contributed by atoms with Crippen molar-refractivity contribution in [2.24, 2.45) is 0 Å². The molecule has 1 nitrogen and oxygen atoms in total. The second kappa shape index (κ2) is 5.38. The number of carbonyl (C=O) groups excluding carboxylic acids is 1. The molecule has 0 N–H and O–H groups in total. The van der Waals surface area contributed by atoms with Gasteiger partial charge >= 0.3 is 0 Å². The van der Waals surface area contributed by atoms with Crippen LogP contribution in [0.2, 0.25) is 0 Å². The summed E-state index contributed by atoms with van der Waals surface area (Å²) in [4.78, 5) is 12.1. The van der Waals surface area contributed by atoms with E-state index in [1.807, 2.05) is 30.3 Å². The van der Waals surface area contributed by atoms with Crippen LogP contribution in [0.15, 0.2) is 35.2 Å². The highest BCUT2D eigenvalue weighted by atomic mass is 79.9. The lowest BCUT2D eigenvalue weighted by molar-refractivity contribution is -0.114. The molecule has 0 aliphatic heterocycles. The number of thioether (sulfide) groups is 1. The number of alkyl halides is 1. The van der Waals surface area contributed by atoms with Crippen molar-refractivity contribution in [1.82, 2.24) is 0 Å². The van der Waals surface area contributed by atoms with Crippen molar-refractivity contribution in [3.63, 3.8) is 0 Å². The Kier molecular flexibility index (Phi) is 4.40. The van der Waals surface area contributed by atoms with Crippen LogP contribution in [0, 0.1) is 0 Å². The second-order valence-corrected chi connectivity index (χ2v) is 3.88. The Bertz CT molecular complexity index is 248. The quantitative estimate of drug-likeness (QED) is 0.599. The van der Waals surface area contributed by atoms with E-state index in [0.29, 0.717) is 11.1 Å². The summed E-state index contributed by atoms with van der Waals surface area (Å²) in [6, 6.07) is 9.93. The van der Waals surface area contributed by atoms with E-state index < -0.39 is 0 Å². The Hall–Kier alpha value is -0.280. The summed E-state index contributed by atoms with van der Waals surface area (Å²) in [6.45, 7) is 0. The number of rotatable bonds is 4. The standard InChI is InChI=1S/C9H9BrOS/c10-6-8(11)7-12-9-4-2-1-3-5-9/h1-5H,6-7H2. The minimum atomic E-state index is 0.226. The molecule has 64 valence electrons. The topological polar surface area (TPSA) is 17.1 Å². The highest BCUT2D eigenvalue weighted by molar-refractivity contribution is 9.09. The molecular weight excluding hydrogens is 236 g/mol. The first-order valence-electron chi connectivity index (χ1n) is 3.58. The molecule has 0 unspecified atom stereocenters. The molecule has 1 aromatic carbocycles. The van der Waals surface area contributed by atoms with Crippen molar-refractivity contribution < 1.29 is 4.79 Å². The predicted octanol–water partition coefficient (Wildman–Crippen LogP) is 2.74. The number of ketones is 1. The number of halogens is 1. The first-order chi connectivity index (χ1) is 5.83. The summed E-state index contributed by atoms with van der Waals surface area (Å²) in [6.07, 6.45) is 0. The van der Waals surface area contributed by atoms with Gasteiger partial charge in [0.25, 0.3) is 0 Å². The van der Waals surface area contributed by atoms with Gasteiger partial charge in [0.05, 0.1) is 11.1 Å². The zero-order chi connectivity index (χ0) is 8.81. The maximum absolute atomic E-state index is 10.9. The average Bonchev–Trinajstić information content (AvgIpc) is 2.16. The van der Waals surface area contributed by atoms with Gasteiger partial charge in [-0.25, -0.2) is 0 Å². The van der Waals surface area contributed by atoms with E-state index in [0.717, 1.165) is 4.90 Å². The SMILES string of the molecule is O=C(CBr)CSc1ccccc1. The van der Waals surface area contributed by atoms with Gasteiger partial charge in [0.1, 0.15) is 0 Å². The zero-order valence-electron chi connectivity index (χ0n) is 6.50. The zero-order valence-corrected chi connectivity index (χ0v) is 8.90. The van der Waals surface area contributed by atoms with E-state index in [1.54, 1.807) is 11.8 Å². The van der Waals surface area contributed by atoms with Gasteiger partial charge in [0, 0.05) is 4.90 Å². The van der Waals surface area contributed by atoms with Crippen LogP contribution in [0.4, 0.5) is 0 Å². The molecule has 0 bridgehead atoms. The Morgan fingerprint density at radius 1 is 1.33 bits per heavy atom. The van der Waals surface area contributed by atoms with Crippen molar-refractivity contribution in [2.45, 2.75) is 4.90 Å². The number of benzene rings is 1. The molecule has 0 aromatic heterocycles. The molecule has 0 spiro atoms. The van der Waals surface area contributed by atoms with Crippen molar-refractivity contribution in [3.8, 4) is 0 Å². The van der Waals surface area contributed by atoms with Crippen molar-refractivity contribution in [1.29, 1.82) is 0 Å². The lowest BCUT2D eigenvalue weighted by Crippen LogP contribution is -2.01. The van der Waals surface area contributed by atoms with E-state index in [2.05, 4.69) is 15.9 Å². The Balaban J connectivity index is 2.38. The minimum absolute atomic E-state index is 0.226. The number of carbonyl (C=O) groups is 1. The third kappa shape index (κ3) is 3.41. The summed E-state index contributed by atoms with van der Waals surface area (Å²) >= 11 is 4.70. The fourth-order valence-corrected chi connectivity index (χ4v) is 1.96. The molecule has 1 aromatic rings. The Morgan fingerprint density at radius 3 is 2.58 bits per heavy atom. The molecular formula is C9H9BrOS. The smallest absolute Gasteiger partial charge is 0.153 e. The lowest BCUT2D eigenvalue weighted by atomic mass is 10.4. The molecule has 1 rings (SSSR count). The summed E-state index contributed by atoms with van der Waals surface area (Å²) in [5.74, 6) is 0.777. The van der Waals surface area contributed by atoms with Gasteiger partial charge in [-0.1, -0.05) is 34.1 Å². The molecule has 12 heavy (non-hydrogen) atoms. The molecule has 0 saturated carbocycles. The molecule has 0 heterocycles. The van der Waals surface area contributed by atoms with Crippen LogP contribution in [-0.2, 0) is 4.79 Å². The van der Waals surface area contributed by atoms with Crippen molar-refractivity contribution in [3.05, 3.63) is 30.3 Å². The van der Waals surface area contributed by atoms with Crippen LogP contribution in [0.1, 0.15) is 0 Å². The molecule has 0 saturated heterocycles. The van der Waals surface area contributed by atoms with Crippen LogP contribution < -0.4 is 0 Å². The van der Waals surface area contributed by atoms with E-state index in [-0.39, 0.29) is 5.78 Å². The Morgan fingerprint density at radius 2 is 2.00 bits per heavy atom. The van der Waals surface area contributed by atoms with E-state index >= 15 is 0 Å². The third-order valence-corrected chi connectivity index (χ3v) is 2.99. The van der Waals surface area contributed by atoms with E-state index in [1.165, 1.54) is 0 Å². The van der Waals surface area contributed by atoms with Gasteiger partial charge < -0.3 is 0 Å². The molecule has 0 atom stereocenters. The third-order valence-electron chi connectivity index (χ3n) is 1.29. The minimum Gasteiger partial charge on any atom is -0.298 e. The normalized spacial score (nSPS) is 9.75. The fraction of sp³-hybridized carbons (Fsp3) is 0.222. The number of hydrogen-bond donors (Lipinski definition) is 0. The van der Waals surface area contributed by atoms with Gasteiger partial charge in [-0.2, -0.15) is 0 Å². The summed E-state index contributed by atoms with van der Waals surface area (Å²) in [5, 5.41) is 0.451. The predicted molar refractivity (Wildman–Crippen MR) is 56.0 cm³/mol. The number of Topliss-reactive ketones (excluding diaryl/α,β-unsaturated/α-hetero) is 1. The monoisotopic (exact) mass is 244 g/mol. The van der Waals surface area contributed by atoms with Crippen LogP contribution in [0.25, 0.3) is 0 Å². The number of hydrogen-bond acceptors (Lipinski definition) is 2. The Labute approximate surface area is 84.7 Å². The molecule has 3 heteroatoms. The molecule has 0 aliphatic carbocycles. The van der Waals surface area contributed by atoms with Crippen LogP contribution in [-0.4, -0.2) is 16.9 Å². The first-order valence-corrected chi connectivity index (χ1v) is 5.69. The van der Waals surface area contributed by atoms with Gasteiger partial charge in [-0.05, 0) is 12.1 Å². The summed E-state index contributed by atoms with van der Waals surface area (Å²) < 4.78 is 0. The van der Waals surface area contributed by atoms with Gasteiger partial charge in [0.15, 0.2) is 5.78 Å². The van der Waals surface area contributed by atoms with Gasteiger partial charge in [-0.3, -0.25) is 4.79 Å². The highest BCUT2D eigenvalue weighted by Gasteiger charge is 1.99. The molecule has 0 amide bonds. The fourth-order valence-electron chi connectivity index (χ4n) is 0.719. The van der Waals surface area contributed by atoms with Crippen molar-refractivity contribution in [2.75, 3.05) is 11.1 Å².